The fraction of sp³-hybridized carbons (Fsp3) is 0.542. The average Bonchev–Trinajstić information content (AvgIpc) is 2.76. The molecule has 1 aliphatic rings. The topological polar surface area (TPSA) is 87.9 Å². The lowest BCUT2D eigenvalue weighted by molar-refractivity contribution is -0.136. The number of aromatic nitrogens is 2. The molecule has 0 unspecified atom stereocenters. The predicted molar refractivity (Wildman–Crippen MR) is 123 cm³/mol. The second kappa shape index (κ2) is 10.7. The van der Waals surface area contributed by atoms with Crippen LogP contribution in [-0.4, -0.2) is 76.3 Å². The molecule has 0 spiro atoms. The number of likely N-dealkylation sites (tertiary alicyclic amines) is 1. The lowest BCUT2D eigenvalue weighted by atomic mass is 9.90. The molecule has 1 saturated heterocycles. The van der Waals surface area contributed by atoms with E-state index in [-0.39, 0.29) is 29.8 Å². The monoisotopic (exact) mass is 442 g/mol. The Morgan fingerprint density at radius 1 is 1.25 bits per heavy atom. The van der Waals surface area contributed by atoms with Gasteiger partial charge in [-0.1, -0.05) is 37.3 Å². The number of carbonyl (C=O) groups is 1. The molecule has 1 aromatic carbocycles. The number of ether oxygens (including phenoxy) is 1. The lowest BCUT2D eigenvalue weighted by Crippen LogP contribution is -2.49. The highest BCUT2D eigenvalue weighted by molar-refractivity contribution is 5.77. The van der Waals surface area contributed by atoms with Crippen LogP contribution >= 0.6 is 0 Å². The van der Waals surface area contributed by atoms with Crippen molar-refractivity contribution in [3.05, 3.63) is 58.6 Å². The van der Waals surface area contributed by atoms with Crippen LogP contribution in [0.25, 0.3) is 0 Å². The molecular weight excluding hydrogens is 408 g/mol. The first-order valence-electron chi connectivity index (χ1n) is 11.1. The highest BCUT2D eigenvalue weighted by atomic mass is 16.5. The van der Waals surface area contributed by atoms with Crippen LogP contribution in [-0.2, 0) is 11.3 Å². The quantitative estimate of drug-likeness (QED) is 0.636. The van der Waals surface area contributed by atoms with Crippen LogP contribution in [0.15, 0.2) is 47.5 Å². The van der Waals surface area contributed by atoms with E-state index in [1.54, 1.807) is 0 Å². The number of benzene rings is 1. The molecule has 0 aliphatic carbocycles. The Bertz CT molecular complexity index is 937. The number of likely N-dealkylation sites (N-methyl/N-ethyl adjacent to an activating group) is 1. The summed E-state index contributed by atoms with van der Waals surface area (Å²) in [7, 11) is 3.89. The van der Waals surface area contributed by atoms with Crippen LogP contribution in [0.5, 0.6) is 5.88 Å². The molecule has 3 rings (SSSR count). The van der Waals surface area contributed by atoms with Crippen LogP contribution in [0.3, 0.4) is 0 Å². The SMILES string of the molecule is C[C@H](CC(=O)N1CCC(O)(Cn2cnc(OCCN(C)C)cc2=O)CC1)c1ccccc1. The summed E-state index contributed by atoms with van der Waals surface area (Å²) in [6.45, 7) is 4.33. The molecule has 1 aromatic heterocycles. The van der Waals surface area contributed by atoms with Gasteiger partial charge in [-0.2, -0.15) is 0 Å². The maximum atomic E-state index is 12.7. The predicted octanol–water partition coefficient (Wildman–Crippen LogP) is 1.73. The normalized spacial score (nSPS) is 16.7. The third-order valence-electron chi connectivity index (χ3n) is 6.00. The largest absolute Gasteiger partial charge is 0.476 e. The first-order chi connectivity index (χ1) is 15.3. The third kappa shape index (κ3) is 6.64. The minimum Gasteiger partial charge on any atom is -0.476 e. The number of nitrogens with zero attached hydrogens (tertiary/aromatic N) is 4. The second-order valence-corrected chi connectivity index (χ2v) is 8.97. The van der Waals surface area contributed by atoms with Gasteiger partial charge in [0.05, 0.1) is 18.2 Å². The molecule has 8 nitrogen and oxygen atoms in total. The van der Waals surface area contributed by atoms with E-state index in [2.05, 4.69) is 11.9 Å². The van der Waals surface area contributed by atoms with E-state index in [1.807, 2.05) is 54.2 Å². The summed E-state index contributed by atoms with van der Waals surface area (Å²) in [5.41, 5.74) is -0.153. The first-order valence-corrected chi connectivity index (χ1v) is 11.1. The van der Waals surface area contributed by atoms with Crippen molar-refractivity contribution in [3.63, 3.8) is 0 Å². The van der Waals surface area contributed by atoms with Crippen molar-refractivity contribution >= 4 is 5.91 Å². The number of carbonyl (C=O) groups excluding carboxylic acids is 1. The van der Waals surface area contributed by atoms with E-state index in [0.29, 0.717) is 39.0 Å². The molecule has 2 aromatic rings. The highest BCUT2D eigenvalue weighted by Gasteiger charge is 2.34. The Hall–Kier alpha value is -2.71. The van der Waals surface area contributed by atoms with Crippen LogP contribution in [0.1, 0.15) is 37.7 Å². The average molecular weight is 443 g/mol. The van der Waals surface area contributed by atoms with Crippen molar-refractivity contribution in [1.82, 2.24) is 19.4 Å². The van der Waals surface area contributed by atoms with Gasteiger partial charge in [-0.25, -0.2) is 4.98 Å². The van der Waals surface area contributed by atoms with Gasteiger partial charge in [-0.05, 0) is 38.4 Å². The standard InChI is InChI=1S/C24H34N4O4/c1-19(20-7-5-4-6-8-20)15-22(29)27-11-9-24(31,10-12-27)17-28-18-25-21(16-23(28)30)32-14-13-26(2)3/h4-8,16,18-19,31H,9-15,17H2,1-3H3/t19-/m1/s1. The molecule has 1 fully saturated rings. The zero-order chi connectivity index (χ0) is 23.1. The van der Waals surface area contributed by atoms with Crippen molar-refractivity contribution in [2.24, 2.45) is 0 Å². The van der Waals surface area contributed by atoms with E-state index in [4.69, 9.17) is 4.74 Å². The Kier molecular flexibility index (Phi) is 8.04. The Morgan fingerprint density at radius 2 is 1.94 bits per heavy atom. The van der Waals surface area contributed by atoms with E-state index in [9.17, 15) is 14.7 Å². The fourth-order valence-corrected chi connectivity index (χ4v) is 3.88. The summed E-state index contributed by atoms with van der Waals surface area (Å²) in [5.74, 6) is 0.530. The Balaban J connectivity index is 1.51. The maximum Gasteiger partial charge on any atom is 0.257 e. The lowest BCUT2D eigenvalue weighted by Gasteiger charge is -2.38. The van der Waals surface area contributed by atoms with E-state index < -0.39 is 5.60 Å². The van der Waals surface area contributed by atoms with Gasteiger partial charge in [-0.15, -0.1) is 0 Å². The summed E-state index contributed by atoms with van der Waals surface area (Å²) in [6.07, 6.45) is 2.71. The Labute approximate surface area is 189 Å². The molecule has 1 N–H and O–H groups in total. The molecule has 1 atom stereocenters. The molecule has 32 heavy (non-hydrogen) atoms. The van der Waals surface area contributed by atoms with Crippen molar-refractivity contribution in [1.29, 1.82) is 0 Å². The van der Waals surface area contributed by atoms with Gasteiger partial charge in [0, 0.05) is 26.1 Å². The molecule has 0 radical (unpaired) electrons. The van der Waals surface area contributed by atoms with Crippen molar-refractivity contribution < 1.29 is 14.6 Å². The van der Waals surface area contributed by atoms with Crippen LogP contribution in [0.4, 0.5) is 0 Å². The smallest absolute Gasteiger partial charge is 0.257 e. The second-order valence-electron chi connectivity index (χ2n) is 8.97. The summed E-state index contributed by atoms with van der Waals surface area (Å²) in [6, 6.07) is 11.4. The molecular formula is C24H34N4O4. The van der Waals surface area contributed by atoms with Crippen molar-refractivity contribution in [3.8, 4) is 5.88 Å². The molecule has 0 bridgehead atoms. The molecule has 1 aliphatic heterocycles. The number of hydrogen-bond donors (Lipinski definition) is 1. The number of piperidine rings is 1. The summed E-state index contributed by atoms with van der Waals surface area (Å²) in [4.78, 5) is 33.2. The zero-order valence-electron chi connectivity index (χ0n) is 19.2. The van der Waals surface area contributed by atoms with Gasteiger partial charge in [0.2, 0.25) is 11.8 Å². The van der Waals surface area contributed by atoms with Crippen LogP contribution in [0.2, 0.25) is 0 Å². The van der Waals surface area contributed by atoms with E-state index >= 15 is 0 Å². The van der Waals surface area contributed by atoms with Crippen LogP contribution < -0.4 is 10.3 Å². The van der Waals surface area contributed by atoms with Crippen LogP contribution in [0, 0.1) is 0 Å². The number of hydrogen-bond acceptors (Lipinski definition) is 6. The van der Waals surface area contributed by atoms with Gasteiger partial charge in [0.1, 0.15) is 12.9 Å². The van der Waals surface area contributed by atoms with Crippen molar-refractivity contribution in [2.75, 3.05) is 40.3 Å². The zero-order valence-corrected chi connectivity index (χ0v) is 19.2. The number of aliphatic hydroxyl groups is 1. The minimum absolute atomic E-state index is 0.0986. The molecule has 174 valence electrons. The van der Waals surface area contributed by atoms with Gasteiger partial charge in [-0.3, -0.25) is 14.2 Å². The Morgan fingerprint density at radius 3 is 2.56 bits per heavy atom. The number of rotatable bonds is 9. The molecule has 1 amide bonds. The molecule has 0 saturated carbocycles. The summed E-state index contributed by atoms with van der Waals surface area (Å²) < 4.78 is 6.91. The summed E-state index contributed by atoms with van der Waals surface area (Å²) >= 11 is 0. The maximum absolute atomic E-state index is 12.7. The highest BCUT2D eigenvalue weighted by Crippen LogP contribution is 2.26. The third-order valence-corrected chi connectivity index (χ3v) is 6.00. The van der Waals surface area contributed by atoms with Gasteiger partial charge in [0.15, 0.2) is 0 Å². The fourth-order valence-electron chi connectivity index (χ4n) is 3.88. The molecule has 2 heterocycles. The minimum atomic E-state index is -1.04. The van der Waals surface area contributed by atoms with Gasteiger partial charge < -0.3 is 19.6 Å². The summed E-state index contributed by atoms with van der Waals surface area (Å²) in [5, 5.41) is 11.0. The van der Waals surface area contributed by atoms with Gasteiger partial charge >= 0.3 is 0 Å². The van der Waals surface area contributed by atoms with Gasteiger partial charge in [0.25, 0.3) is 5.56 Å². The first kappa shape index (κ1) is 23.9. The van der Waals surface area contributed by atoms with E-state index in [1.165, 1.54) is 17.0 Å². The molecule has 8 heteroatoms. The van der Waals surface area contributed by atoms with E-state index in [0.717, 1.165) is 12.1 Å². The van der Waals surface area contributed by atoms with Crippen molar-refractivity contribution in [2.45, 2.75) is 44.2 Å². The number of amides is 1.